The summed E-state index contributed by atoms with van der Waals surface area (Å²) < 4.78 is 42.1. The van der Waals surface area contributed by atoms with E-state index in [2.05, 4.69) is 10.1 Å². The third-order valence-corrected chi connectivity index (χ3v) is 2.55. The van der Waals surface area contributed by atoms with Crippen LogP contribution in [-0.2, 0) is 23.8 Å². The molecule has 2 aromatic rings. The van der Waals surface area contributed by atoms with Crippen LogP contribution in [0.5, 0.6) is 0 Å². The molecule has 0 aliphatic carbocycles. The average Bonchev–Trinajstić information content (AvgIpc) is 2.75. The lowest BCUT2D eigenvalue weighted by molar-refractivity contribution is -0.137. The molecule has 0 atom stereocenters. The van der Waals surface area contributed by atoms with Crippen molar-refractivity contribution >= 4 is 5.78 Å². The van der Waals surface area contributed by atoms with Crippen LogP contribution >= 0.6 is 0 Å². The van der Waals surface area contributed by atoms with E-state index in [-0.39, 0.29) is 30.3 Å². The van der Waals surface area contributed by atoms with Crippen molar-refractivity contribution in [3.63, 3.8) is 0 Å². The third-order valence-electron chi connectivity index (χ3n) is 2.55. The average molecular weight is 284 g/mol. The van der Waals surface area contributed by atoms with E-state index in [1.165, 1.54) is 19.1 Å². The Morgan fingerprint density at radius 1 is 1.25 bits per heavy atom. The van der Waals surface area contributed by atoms with Gasteiger partial charge in [-0.25, -0.2) is 0 Å². The number of hydrogen-bond acceptors (Lipinski definition) is 4. The number of halogens is 3. The Hall–Kier alpha value is -2.18. The van der Waals surface area contributed by atoms with E-state index < -0.39 is 11.7 Å². The predicted octanol–water partition coefficient (Wildman–Crippen LogP) is 2.81. The topological polar surface area (TPSA) is 56.0 Å². The first-order chi connectivity index (χ1) is 9.34. The lowest BCUT2D eigenvalue weighted by atomic mass is 10.1. The van der Waals surface area contributed by atoms with Gasteiger partial charge in [-0.3, -0.25) is 4.79 Å². The standard InChI is InChI=1S/C13H11F3N2O2/c1-8(19)6-11-17-12(20-18-11)7-9-2-4-10(5-3-9)13(14,15)16/h2-5H,6-7H2,1H3. The summed E-state index contributed by atoms with van der Waals surface area (Å²) in [7, 11) is 0. The highest BCUT2D eigenvalue weighted by Gasteiger charge is 2.29. The highest BCUT2D eigenvalue weighted by Crippen LogP contribution is 2.29. The van der Waals surface area contributed by atoms with Crippen molar-refractivity contribution in [3.05, 3.63) is 47.1 Å². The van der Waals surface area contributed by atoms with E-state index in [1.54, 1.807) is 0 Å². The second-order valence-corrected chi connectivity index (χ2v) is 4.35. The maximum atomic E-state index is 12.4. The second-order valence-electron chi connectivity index (χ2n) is 4.35. The first-order valence-corrected chi connectivity index (χ1v) is 5.81. The molecule has 0 fully saturated rings. The maximum Gasteiger partial charge on any atom is 0.416 e. The SMILES string of the molecule is CC(=O)Cc1noc(Cc2ccc(C(F)(F)F)cc2)n1. The van der Waals surface area contributed by atoms with Gasteiger partial charge in [0.15, 0.2) is 5.82 Å². The van der Waals surface area contributed by atoms with Crippen LogP contribution in [0, 0.1) is 0 Å². The molecular weight excluding hydrogens is 273 g/mol. The summed E-state index contributed by atoms with van der Waals surface area (Å²) in [5.41, 5.74) is -0.0833. The fraction of sp³-hybridized carbons (Fsp3) is 0.308. The molecule has 20 heavy (non-hydrogen) atoms. The Labute approximate surface area is 112 Å². The number of Topliss-reactive ketones (excluding diaryl/α,β-unsaturated/α-hetero) is 1. The van der Waals surface area contributed by atoms with Gasteiger partial charge in [0.1, 0.15) is 5.78 Å². The molecule has 106 valence electrons. The summed E-state index contributed by atoms with van der Waals surface area (Å²) in [4.78, 5) is 14.9. The Balaban J connectivity index is 2.06. The molecule has 0 saturated carbocycles. The number of carbonyl (C=O) groups is 1. The Morgan fingerprint density at radius 3 is 2.45 bits per heavy atom. The van der Waals surface area contributed by atoms with Gasteiger partial charge < -0.3 is 4.52 Å². The molecule has 2 rings (SSSR count). The summed E-state index contributed by atoms with van der Waals surface area (Å²) in [6.07, 6.45) is -4.04. The third kappa shape index (κ3) is 3.66. The smallest absolute Gasteiger partial charge is 0.339 e. The molecule has 0 N–H and O–H groups in total. The zero-order chi connectivity index (χ0) is 14.8. The van der Waals surface area contributed by atoms with Gasteiger partial charge in [0.2, 0.25) is 5.89 Å². The number of alkyl halides is 3. The number of aromatic nitrogens is 2. The first-order valence-electron chi connectivity index (χ1n) is 5.81. The molecule has 1 aromatic heterocycles. The van der Waals surface area contributed by atoms with Crippen molar-refractivity contribution in [1.82, 2.24) is 10.1 Å². The largest absolute Gasteiger partial charge is 0.416 e. The van der Waals surface area contributed by atoms with E-state index in [1.807, 2.05) is 0 Å². The van der Waals surface area contributed by atoms with E-state index in [0.717, 1.165) is 12.1 Å². The summed E-state index contributed by atoms with van der Waals surface area (Å²) in [5.74, 6) is 0.451. The van der Waals surface area contributed by atoms with Crippen LogP contribution in [-0.4, -0.2) is 15.9 Å². The fourth-order valence-corrected chi connectivity index (χ4v) is 1.64. The Kier molecular flexibility index (Phi) is 3.87. The highest BCUT2D eigenvalue weighted by molar-refractivity contribution is 5.77. The molecule has 1 heterocycles. The molecule has 0 aliphatic rings. The van der Waals surface area contributed by atoms with E-state index >= 15 is 0 Å². The molecular formula is C13H11F3N2O2. The first kappa shape index (κ1) is 14.2. The molecule has 0 radical (unpaired) electrons. The molecule has 0 saturated heterocycles. The molecule has 1 aromatic carbocycles. The number of nitrogens with zero attached hydrogens (tertiary/aromatic N) is 2. The van der Waals surface area contributed by atoms with E-state index in [0.29, 0.717) is 5.56 Å². The molecule has 0 unspecified atom stereocenters. The summed E-state index contributed by atoms with van der Waals surface area (Å²) in [5, 5.41) is 3.62. The van der Waals surface area contributed by atoms with Crippen molar-refractivity contribution in [1.29, 1.82) is 0 Å². The zero-order valence-electron chi connectivity index (χ0n) is 10.6. The van der Waals surface area contributed by atoms with Crippen LogP contribution in [0.2, 0.25) is 0 Å². The Morgan fingerprint density at radius 2 is 1.90 bits per heavy atom. The highest BCUT2D eigenvalue weighted by atomic mass is 19.4. The number of benzene rings is 1. The minimum absolute atomic E-state index is 0.0799. The van der Waals surface area contributed by atoms with Gasteiger partial charge in [0.05, 0.1) is 18.4 Å². The van der Waals surface area contributed by atoms with Gasteiger partial charge in [-0.1, -0.05) is 17.3 Å². The monoisotopic (exact) mass is 284 g/mol. The van der Waals surface area contributed by atoms with Gasteiger partial charge in [0.25, 0.3) is 0 Å². The van der Waals surface area contributed by atoms with Crippen LogP contribution in [0.25, 0.3) is 0 Å². The van der Waals surface area contributed by atoms with Gasteiger partial charge >= 0.3 is 6.18 Å². The zero-order valence-corrected chi connectivity index (χ0v) is 10.6. The summed E-state index contributed by atoms with van der Waals surface area (Å²) in [6, 6.07) is 4.72. The molecule has 7 heteroatoms. The van der Waals surface area contributed by atoms with Crippen molar-refractivity contribution in [2.75, 3.05) is 0 Å². The summed E-state index contributed by atoms with van der Waals surface area (Å²) in [6.45, 7) is 1.41. The lowest BCUT2D eigenvalue weighted by Crippen LogP contribution is -2.04. The van der Waals surface area contributed by atoms with Crippen molar-refractivity contribution in [2.24, 2.45) is 0 Å². The molecule has 0 amide bonds. The second kappa shape index (κ2) is 5.44. The van der Waals surface area contributed by atoms with Crippen LogP contribution in [0.1, 0.15) is 29.8 Å². The minimum Gasteiger partial charge on any atom is -0.339 e. The maximum absolute atomic E-state index is 12.4. The van der Waals surface area contributed by atoms with Crippen molar-refractivity contribution < 1.29 is 22.5 Å². The number of ketones is 1. The number of rotatable bonds is 4. The van der Waals surface area contributed by atoms with Gasteiger partial charge in [-0.2, -0.15) is 18.2 Å². The number of carbonyl (C=O) groups excluding carboxylic acids is 1. The Bertz CT molecular complexity index is 603. The quantitative estimate of drug-likeness (QED) is 0.866. The molecule has 0 spiro atoms. The van der Waals surface area contributed by atoms with E-state index in [4.69, 9.17) is 4.52 Å². The normalized spacial score (nSPS) is 11.6. The summed E-state index contributed by atoms with van der Waals surface area (Å²) >= 11 is 0. The van der Waals surface area contributed by atoms with Crippen molar-refractivity contribution in [3.8, 4) is 0 Å². The molecule has 0 bridgehead atoms. The minimum atomic E-state index is -4.35. The van der Waals surface area contributed by atoms with Gasteiger partial charge in [0, 0.05) is 0 Å². The number of hydrogen-bond donors (Lipinski definition) is 0. The van der Waals surface area contributed by atoms with Crippen LogP contribution in [0.15, 0.2) is 28.8 Å². The van der Waals surface area contributed by atoms with Crippen molar-refractivity contribution in [2.45, 2.75) is 25.9 Å². The predicted molar refractivity (Wildman–Crippen MR) is 62.9 cm³/mol. The molecule has 0 aliphatic heterocycles. The lowest BCUT2D eigenvalue weighted by Gasteiger charge is -2.06. The van der Waals surface area contributed by atoms with Gasteiger partial charge in [-0.15, -0.1) is 0 Å². The van der Waals surface area contributed by atoms with Crippen LogP contribution < -0.4 is 0 Å². The molecule has 4 nitrogen and oxygen atoms in total. The fourth-order valence-electron chi connectivity index (χ4n) is 1.64. The van der Waals surface area contributed by atoms with Crippen LogP contribution in [0.4, 0.5) is 13.2 Å². The van der Waals surface area contributed by atoms with Gasteiger partial charge in [-0.05, 0) is 24.6 Å². The van der Waals surface area contributed by atoms with E-state index in [9.17, 15) is 18.0 Å². The van der Waals surface area contributed by atoms with Crippen LogP contribution in [0.3, 0.4) is 0 Å².